The lowest BCUT2D eigenvalue weighted by Crippen LogP contribution is -2.22. The first kappa shape index (κ1) is 16.3. The summed E-state index contributed by atoms with van der Waals surface area (Å²) in [5.41, 5.74) is 0.328. The molecule has 0 aliphatic carbocycles. The summed E-state index contributed by atoms with van der Waals surface area (Å²) in [5, 5.41) is 0. The highest BCUT2D eigenvalue weighted by atomic mass is 35.5. The molecule has 1 rings (SSSR count). The van der Waals surface area contributed by atoms with Crippen molar-refractivity contribution in [2.45, 2.75) is 11.8 Å². The zero-order chi connectivity index (χ0) is 14.7. The number of hydrogen-bond acceptors (Lipinski definition) is 4. The van der Waals surface area contributed by atoms with Gasteiger partial charge in [-0.05, 0) is 30.2 Å². The van der Waals surface area contributed by atoms with Crippen molar-refractivity contribution in [2.75, 3.05) is 22.6 Å². The number of sulfonamides is 1. The van der Waals surface area contributed by atoms with E-state index in [1.807, 2.05) is 0 Å². The van der Waals surface area contributed by atoms with Crippen LogP contribution in [0.2, 0.25) is 0 Å². The van der Waals surface area contributed by atoms with Crippen molar-refractivity contribution in [3.8, 4) is 0 Å². The Labute approximate surface area is 118 Å². The van der Waals surface area contributed by atoms with Crippen molar-refractivity contribution in [2.24, 2.45) is 5.92 Å². The van der Waals surface area contributed by atoms with Crippen molar-refractivity contribution in [1.29, 1.82) is 0 Å². The first-order chi connectivity index (χ1) is 8.64. The highest BCUT2D eigenvalue weighted by Gasteiger charge is 2.15. The number of rotatable bonds is 6. The predicted molar refractivity (Wildman–Crippen MR) is 76.8 cm³/mol. The number of alkyl halides is 1. The van der Waals surface area contributed by atoms with Gasteiger partial charge in [0, 0.05) is 17.8 Å². The summed E-state index contributed by atoms with van der Waals surface area (Å²) < 4.78 is 48.4. The highest BCUT2D eigenvalue weighted by Crippen LogP contribution is 2.16. The van der Waals surface area contributed by atoms with E-state index in [-0.39, 0.29) is 22.4 Å². The van der Waals surface area contributed by atoms with E-state index in [1.165, 1.54) is 24.3 Å². The van der Waals surface area contributed by atoms with Gasteiger partial charge in [0.1, 0.15) is 0 Å². The molecule has 0 saturated carbocycles. The zero-order valence-electron chi connectivity index (χ0n) is 10.6. The molecule has 0 radical (unpaired) electrons. The Bertz CT molecular complexity index is 623. The van der Waals surface area contributed by atoms with Gasteiger partial charge in [0.05, 0.1) is 10.6 Å². The number of sulfone groups is 1. The van der Waals surface area contributed by atoms with Crippen molar-refractivity contribution < 1.29 is 16.8 Å². The first-order valence-corrected chi connectivity index (χ1v) is 9.58. The molecule has 0 fully saturated rings. The van der Waals surface area contributed by atoms with Crippen LogP contribution < -0.4 is 4.72 Å². The lowest BCUT2D eigenvalue weighted by atomic mass is 10.3. The summed E-state index contributed by atoms with van der Waals surface area (Å²) in [6.07, 6.45) is 1.09. The second-order valence-corrected chi connectivity index (χ2v) is 8.53. The van der Waals surface area contributed by atoms with Crippen LogP contribution in [0, 0.1) is 5.92 Å². The van der Waals surface area contributed by atoms with Gasteiger partial charge in [-0.25, -0.2) is 16.8 Å². The van der Waals surface area contributed by atoms with Gasteiger partial charge in [0.15, 0.2) is 9.84 Å². The van der Waals surface area contributed by atoms with Crippen molar-refractivity contribution >= 4 is 37.1 Å². The van der Waals surface area contributed by atoms with Gasteiger partial charge in [0.25, 0.3) is 0 Å². The van der Waals surface area contributed by atoms with E-state index in [9.17, 15) is 16.8 Å². The smallest absolute Gasteiger partial charge is 0.233 e. The van der Waals surface area contributed by atoms with Crippen LogP contribution in [-0.4, -0.2) is 34.7 Å². The number of benzene rings is 1. The highest BCUT2D eigenvalue weighted by molar-refractivity contribution is 7.92. The third kappa shape index (κ3) is 5.38. The van der Waals surface area contributed by atoms with Gasteiger partial charge < -0.3 is 0 Å². The van der Waals surface area contributed by atoms with E-state index in [0.29, 0.717) is 5.69 Å². The summed E-state index contributed by atoms with van der Waals surface area (Å²) >= 11 is 5.57. The molecule has 0 aromatic heterocycles. The Hall–Kier alpha value is -0.790. The van der Waals surface area contributed by atoms with Gasteiger partial charge in [-0.2, -0.15) is 0 Å². The molecule has 19 heavy (non-hydrogen) atoms. The lowest BCUT2D eigenvalue weighted by Gasteiger charge is -2.11. The molecule has 0 heterocycles. The topological polar surface area (TPSA) is 80.3 Å². The molecule has 1 aromatic rings. The summed E-state index contributed by atoms with van der Waals surface area (Å²) in [4.78, 5) is 0.143. The molecule has 0 amide bonds. The Kier molecular flexibility index (Phi) is 5.23. The van der Waals surface area contributed by atoms with Crippen LogP contribution in [0.4, 0.5) is 5.69 Å². The molecule has 0 saturated heterocycles. The van der Waals surface area contributed by atoms with Gasteiger partial charge in [-0.1, -0.05) is 6.92 Å². The minimum absolute atomic E-state index is 0.0790. The molecule has 5 nitrogen and oxygen atoms in total. The van der Waals surface area contributed by atoms with Crippen molar-refractivity contribution in [3.63, 3.8) is 0 Å². The van der Waals surface area contributed by atoms with Crippen LogP contribution >= 0.6 is 11.6 Å². The molecular weight excluding hydrogens is 310 g/mol. The maximum Gasteiger partial charge on any atom is 0.233 e. The molecule has 108 valence electrons. The molecule has 1 atom stereocenters. The maximum atomic E-state index is 11.8. The van der Waals surface area contributed by atoms with E-state index in [0.717, 1.165) is 6.26 Å². The van der Waals surface area contributed by atoms with Crippen LogP contribution in [0.15, 0.2) is 29.2 Å². The molecule has 1 aromatic carbocycles. The molecular formula is C11H16ClNO4S2. The molecule has 0 aliphatic heterocycles. The third-order valence-electron chi connectivity index (χ3n) is 2.32. The molecule has 1 unspecified atom stereocenters. The molecule has 8 heteroatoms. The Morgan fingerprint density at radius 2 is 1.68 bits per heavy atom. The maximum absolute atomic E-state index is 11.8. The minimum atomic E-state index is -3.48. The number of nitrogens with one attached hydrogen (secondary N) is 1. The average Bonchev–Trinajstić information content (AvgIpc) is 2.27. The Morgan fingerprint density at radius 1 is 1.16 bits per heavy atom. The first-order valence-electron chi connectivity index (χ1n) is 5.50. The second-order valence-electron chi connectivity index (χ2n) is 4.44. The fourth-order valence-corrected chi connectivity index (χ4v) is 3.72. The largest absolute Gasteiger partial charge is 0.284 e. The summed E-state index contributed by atoms with van der Waals surface area (Å²) in [7, 11) is -6.76. The van der Waals surface area contributed by atoms with Crippen LogP contribution in [-0.2, 0) is 19.9 Å². The number of hydrogen-bond donors (Lipinski definition) is 1. The van der Waals surface area contributed by atoms with E-state index in [1.54, 1.807) is 6.92 Å². The van der Waals surface area contributed by atoms with Gasteiger partial charge >= 0.3 is 0 Å². The van der Waals surface area contributed by atoms with Crippen LogP contribution in [0.1, 0.15) is 6.92 Å². The van der Waals surface area contributed by atoms with E-state index < -0.39 is 19.9 Å². The fraction of sp³-hybridized carbons (Fsp3) is 0.455. The van der Waals surface area contributed by atoms with E-state index in [2.05, 4.69) is 4.72 Å². The molecule has 1 N–H and O–H groups in total. The molecule has 0 bridgehead atoms. The third-order valence-corrected chi connectivity index (χ3v) is 5.53. The van der Waals surface area contributed by atoms with Gasteiger partial charge in [-0.15, -0.1) is 11.6 Å². The van der Waals surface area contributed by atoms with E-state index in [4.69, 9.17) is 11.6 Å². The number of halogens is 1. The fourth-order valence-electron chi connectivity index (χ4n) is 1.41. The Morgan fingerprint density at radius 3 is 2.11 bits per heavy atom. The summed E-state index contributed by atoms with van der Waals surface area (Å²) in [6.45, 7) is 1.74. The number of anilines is 1. The quantitative estimate of drug-likeness (QED) is 0.807. The predicted octanol–water partition coefficient (Wildman–Crippen LogP) is 1.71. The average molecular weight is 326 g/mol. The molecule has 0 aliphatic rings. The normalized spacial score (nSPS) is 14.1. The monoisotopic (exact) mass is 325 g/mol. The second kappa shape index (κ2) is 6.11. The van der Waals surface area contributed by atoms with Crippen LogP contribution in [0.25, 0.3) is 0 Å². The van der Waals surface area contributed by atoms with Gasteiger partial charge in [-0.3, -0.25) is 4.72 Å². The van der Waals surface area contributed by atoms with Crippen molar-refractivity contribution in [1.82, 2.24) is 0 Å². The van der Waals surface area contributed by atoms with Crippen LogP contribution in [0.5, 0.6) is 0 Å². The summed E-state index contributed by atoms with van der Waals surface area (Å²) in [6, 6.07) is 5.55. The SMILES string of the molecule is CC(CCl)CS(=O)(=O)Nc1ccc(S(C)(=O)=O)cc1. The minimum Gasteiger partial charge on any atom is -0.284 e. The molecule has 0 spiro atoms. The Balaban J connectivity index is 2.84. The van der Waals surface area contributed by atoms with Crippen molar-refractivity contribution in [3.05, 3.63) is 24.3 Å². The zero-order valence-corrected chi connectivity index (χ0v) is 13.0. The standard InChI is InChI=1S/C11H16ClNO4S2/c1-9(7-12)8-19(16,17)13-10-3-5-11(6-4-10)18(2,14)15/h3-6,9,13H,7-8H2,1-2H3. The lowest BCUT2D eigenvalue weighted by molar-refractivity contribution is 0.588. The van der Waals surface area contributed by atoms with Crippen LogP contribution in [0.3, 0.4) is 0 Å². The van der Waals surface area contributed by atoms with Gasteiger partial charge in [0.2, 0.25) is 10.0 Å². The summed E-state index contributed by atoms with van der Waals surface area (Å²) in [5.74, 6) is 0.0209. The van der Waals surface area contributed by atoms with E-state index >= 15 is 0 Å².